The number of nitrogens with two attached hydrogens (primary N) is 2. The summed E-state index contributed by atoms with van der Waals surface area (Å²) in [7, 11) is 0. The first-order chi connectivity index (χ1) is 16.8. The van der Waals surface area contributed by atoms with E-state index in [1.165, 1.54) is 0 Å². The molecule has 1 aromatic carbocycles. The maximum atomic E-state index is 12.6. The molecule has 190 valence electrons. The summed E-state index contributed by atoms with van der Waals surface area (Å²) in [4.78, 5) is 24.4. The molecule has 2 heterocycles. The summed E-state index contributed by atoms with van der Waals surface area (Å²) in [5.41, 5.74) is 12.3. The zero-order valence-corrected chi connectivity index (χ0v) is 20.3. The van der Waals surface area contributed by atoms with Gasteiger partial charge in [0.25, 0.3) is 0 Å². The number of nitrogens with zero attached hydrogens (tertiary/aromatic N) is 3. The van der Waals surface area contributed by atoms with Crippen molar-refractivity contribution in [2.75, 3.05) is 24.7 Å². The number of hydrogen-bond donors (Lipinski definition) is 6. The number of aliphatic hydroxyl groups is 2. The van der Waals surface area contributed by atoms with Crippen molar-refractivity contribution in [2.24, 2.45) is 4.99 Å². The first-order valence-electron chi connectivity index (χ1n) is 11.6. The predicted molar refractivity (Wildman–Crippen MR) is 134 cm³/mol. The van der Waals surface area contributed by atoms with Gasteiger partial charge in [-0.2, -0.15) is 4.99 Å². The minimum Gasteiger partial charge on any atom is -0.491 e. The van der Waals surface area contributed by atoms with Crippen molar-refractivity contribution in [3.05, 3.63) is 40.7 Å². The number of ether oxygens (including phenoxy) is 1. The second kappa shape index (κ2) is 12.5. The summed E-state index contributed by atoms with van der Waals surface area (Å²) in [5, 5.41) is 24.7. The smallest absolute Gasteiger partial charge is 0.302 e. The summed E-state index contributed by atoms with van der Waals surface area (Å²) >= 11 is 5.87. The summed E-state index contributed by atoms with van der Waals surface area (Å²) in [5.74, 6) is 0.193. The van der Waals surface area contributed by atoms with Crippen molar-refractivity contribution >= 4 is 35.1 Å². The largest absolute Gasteiger partial charge is 0.491 e. The maximum Gasteiger partial charge on any atom is 0.302 e. The lowest BCUT2D eigenvalue weighted by Gasteiger charge is -2.17. The molecule has 1 amide bonds. The molecule has 1 aliphatic heterocycles. The van der Waals surface area contributed by atoms with Gasteiger partial charge >= 0.3 is 5.91 Å². The Hall–Kier alpha value is -3.15. The van der Waals surface area contributed by atoms with Crippen LogP contribution in [0.5, 0.6) is 5.75 Å². The highest BCUT2D eigenvalue weighted by atomic mass is 35.5. The van der Waals surface area contributed by atoms with E-state index < -0.39 is 12.0 Å². The first kappa shape index (κ1) is 26.5. The highest BCUT2D eigenvalue weighted by molar-refractivity contribution is 6.31. The number of halogens is 1. The van der Waals surface area contributed by atoms with Gasteiger partial charge in [-0.25, -0.2) is 9.97 Å². The highest BCUT2D eigenvalue weighted by Gasteiger charge is 2.30. The number of guanidine groups is 1. The molecule has 1 fully saturated rings. The molecule has 1 saturated heterocycles. The van der Waals surface area contributed by atoms with E-state index in [-0.39, 0.29) is 47.8 Å². The van der Waals surface area contributed by atoms with Crippen LogP contribution in [0, 0.1) is 0 Å². The van der Waals surface area contributed by atoms with Crippen LogP contribution in [0.1, 0.15) is 48.7 Å². The van der Waals surface area contributed by atoms with Crippen molar-refractivity contribution in [1.29, 1.82) is 0 Å². The predicted octanol–water partition coefficient (Wildman–Crippen LogP) is 1.28. The molecule has 35 heavy (non-hydrogen) atoms. The van der Waals surface area contributed by atoms with Crippen LogP contribution < -0.4 is 26.8 Å². The van der Waals surface area contributed by atoms with E-state index in [4.69, 9.17) is 32.9 Å². The van der Waals surface area contributed by atoms with Crippen molar-refractivity contribution in [2.45, 2.75) is 57.2 Å². The quantitative estimate of drug-likeness (QED) is 0.260. The summed E-state index contributed by atoms with van der Waals surface area (Å²) in [6, 6.07) is 7.92. The Bertz CT molecular complexity index is 1040. The molecule has 2 aromatic rings. The molecule has 11 nitrogen and oxygen atoms in total. The van der Waals surface area contributed by atoms with Crippen molar-refractivity contribution in [3.63, 3.8) is 0 Å². The zero-order valence-electron chi connectivity index (χ0n) is 19.6. The third-order valence-corrected chi connectivity index (χ3v) is 5.89. The van der Waals surface area contributed by atoms with Gasteiger partial charge in [-0.15, -0.1) is 0 Å². The zero-order chi connectivity index (χ0) is 25.4. The summed E-state index contributed by atoms with van der Waals surface area (Å²) in [6.07, 6.45) is 3.69. The van der Waals surface area contributed by atoms with Crippen LogP contribution >= 0.6 is 11.6 Å². The van der Waals surface area contributed by atoms with E-state index in [9.17, 15) is 9.90 Å². The normalized spacial score (nSPS) is 19.3. The molecule has 12 heteroatoms. The van der Waals surface area contributed by atoms with Crippen LogP contribution in [-0.4, -0.2) is 63.4 Å². The Balaban J connectivity index is 1.55. The lowest BCUT2D eigenvalue weighted by molar-refractivity contribution is 0.0536. The number of anilines is 2. The van der Waals surface area contributed by atoms with Crippen LogP contribution in [0.3, 0.4) is 0 Å². The van der Waals surface area contributed by atoms with Crippen LogP contribution in [0.15, 0.2) is 29.3 Å². The Kier molecular flexibility index (Phi) is 9.47. The van der Waals surface area contributed by atoms with Gasteiger partial charge in [-0.05, 0) is 43.4 Å². The molecular weight excluding hydrogens is 474 g/mol. The molecule has 8 N–H and O–H groups in total. The molecular formula is C23H32ClN7O4. The number of aryl methyl sites for hydroxylation is 1. The molecule has 1 aromatic heterocycles. The fourth-order valence-electron chi connectivity index (χ4n) is 3.79. The van der Waals surface area contributed by atoms with Gasteiger partial charge < -0.3 is 37.1 Å². The Morgan fingerprint density at radius 3 is 2.51 bits per heavy atom. The summed E-state index contributed by atoms with van der Waals surface area (Å²) < 4.78 is 5.44. The number of benzene rings is 1. The minimum absolute atomic E-state index is 0.0452. The number of carbonyl (C=O) groups is 1. The Morgan fingerprint density at radius 1 is 1.17 bits per heavy atom. The molecule has 1 aliphatic rings. The van der Waals surface area contributed by atoms with E-state index in [1.807, 2.05) is 24.3 Å². The molecule has 0 aliphatic carbocycles. The van der Waals surface area contributed by atoms with E-state index in [2.05, 4.69) is 32.5 Å². The second-order valence-corrected chi connectivity index (χ2v) is 8.73. The number of amides is 1. The molecule has 3 rings (SSSR count). The number of aromatic nitrogens is 2. The van der Waals surface area contributed by atoms with Crippen molar-refractivity contribution in [1.82, 2.24) is 20.6 Å². The Morgan fingerprint density at radius 2 is 1.86 bits per heavy atom. The number of nitrogens with one attached hydrogen (secondary N) is 2. The van der Waals surface area contributed by atoms with E-state index in [1.54, 1.807) is 0 Å². The molecule has 0 spiro atoms. The number of aliphatic hydroxyl groups excluding tert-OH is 2. The number of carbonyl (C=O) groups excluding carboxylic acids is 1. The average molecular weight is 506 g/mol. The van der Waals surface area contributed by atoms with Crippen molar-refractivity contribution < 1.29 is 19.7 Å². The highest BCUT2D eigenvalue weighted by Crippen LogP contribution is 2.20. The fraction of sp³-hybridized carbons (Fsp3) is 0.478. The van der Waals surface area contributed by atoms with Gasteiger partial charge in [-0.3, -0.25) is 4.79 Å². The van der Waals surface area contributed by atoms with Gasteiger partial charge in [0.1, 0.15) is 18.5 Å². The number of aliphatic imine (C=N–C) groups is 1. The van der Waals surface area contributed by atoms with Gasteiger partial charge in [0, 0.05) is 12.1 Å². The average Bonchev–Trinajstić information content (AvgIpc) is 3.21. The SMILES string of the molecule is CCCC1N/C(=N\C(=O)c2nc(Cl)c(N)nc2N)NC1CCCc1ccc(OC[C@@H](O)CO)cc1. The molecule has 0 saturated carbocycles. The fourth-order valence-corrected chi connectivity index (χ4v) is 3.92. The lowest BCUT2D eigenvalue weighted by Crippen LogP contribution is -2.33. The van der Waals surface area contributed by atoms with E-state index in [0.717, 1.165) is 37.7 Å². The standard InChI is InChI=1S/C23H32ClN7O4/c1-2-4-16-17(6-3-5-13-7-9-15(10-8-13)35-12-14(33)11-32)28-23(27-16)31-22(34)18-20(25)30-21(26)19(24)29-18/h7-10,14,16-17,32-33H,2-6,11-12H2,1H3,(H4,25,26,30)(H2,27,28,31,34)/t14-,16?,17?/m0/s1. The van der Waals surface area contributed by atoms with E-state index in [0.29, 0.717) is 11.7 Å². The van der Waals surface area contributed by atoms with Gasteiger partial charge in [0.05, 0.1) is 6.61 Å². The van der Waals surface area contributed by atoms with Gasteiger partial charge in [0.15, 0.2) is 28.4 Å². The van der Waals surface area contributed by atoms with Gasteiger partial charge in [0.2, 0.25) is 0 Å². The molecule has 2 unspecified atom stereocenters. The second-order valence-electron chi connectivity index (χ2n) is 8.37. The number of nitrogen functional groups attached to an aromatic ring is 2. The van der Waals surface area contributed by atoms with Gasteiger partial charge in [-0.1, -0.05) is 37.1 Å². The van der Waals surface area contributed by atoms with Crippen LogP contribution in [0.25, 0.3) is 0 Å². The monoisotopic (exact) mass is 505 g/mol. The minimum atomic E-state index is -0.892. The topological polar surface area (TPSA) is 181 Å². The van der Waals surface area contributed by atoms with Crippen LogP contribution in [0.4, 0.5) is 11.6 Å². The van der Waals surface area contributed by atoms with Crippen LogP contribution in [-0.2, 0) is 6.42 Å². The summed E-state index contributed by atoms with van der Waals surface area (Å²) in [6.45, 7) is 1.82. The first-order valence-corrected chi connectivity index (χ1v) is 11.9. The third kappa shape index (κ3) is 7.41. The number of rotatable bonds is 11. The molecule has 3 atom stereocenters. The number of hydrogen-bond acceptors (Lipinski definition) is 8. The third-order valence-electron chi connectivity index (χ3n) is 5.61. The Labute approximate surface area is 209 Å². The maximum absolute atomic E-state index is 12.6. The lowest BCUT2D eigenvalue weighted by atomic mass is 9.98. The molecule has 0 bridgehead atoms. The van der Waals surface area contributed by atoms with Crippen molar-refractivity contribution in [3.8, 4) is 5.75 Å². The van der Waals surface area contributed by atoms with E-state index >= 15 is 0 Å². The van der Waals surface area contributed by atoms with Crippen LogP contribution in [0.2, 0.25) is 5.15 Å². The molecule has 0 radical (unpaired) electrons.